The van der Waals surface area contributed by atoms with Crippen molar-refractivity contribution in [2.24, 2.45) is 12.8 Å². The lowest BCUT2D eigenvalue weighted by Crippen LogP contribution is -2.36. The first-order valence-electron chi connectivity index (χ1n) is 9.52. The molecule has 0 atom stereocenters. The normalized spacial score (nSPS) is 8.91. The molecule has 0 bridgehead atoms. The Kier molecular flexibility index (Phi) is 16.5. The van der Waals surface area contributed by atoms with E-state index in [4.69, 9.17) is 0 Å². The Morgan fingerprint density at radius 2 is 1.48 bits per heavy atom. The number of urea groups is 1. The van der Waals surface area contributed by atoms with Crippen LogP contribution in [-0.4, -0.2) is 67.5 Å². The van der Waals surface area contributed by atoms with Crippen molar-refractivity contribution in [3.8, 4) is 0 Å². The van der Waals surface area contributed by atoms with E-state index in [1.54, 1.807) is 20.8 Å². The Bertz CT molecular complexity index is 913. The molecule has 1 aromatic rings. The van der Waals surface area contributed by atoms with Crippen LogP contribution in [0, 0.1) is 0 Å². The summed E-state index contributed by atoms with van der Waals surface area (Å²) < 4.78 is 19.3. The van der Waals surface area contributed by atoms with E-state index < -0.39 is 35.2 Å². The number of nitrogens with zero attached hydrogens (tertiary/aromatic N) is 1. The lowest BCUT2D eigenvalue weighted by atomic mass is 10.3. The maximum Gasteiger partial charge on any atom is 0.348 e. The van der Waals surface area contributed by atoms with Crippen molar-refractivity contribution in [1.29, 1.82) is 0 Å². The third-order valence-electron chi connectivity index (χ3n) is 3.15. The smallest absolute Gasteiger partial charge is 0.348 e. The summed E-state index contributed by atoms with van der Waals surface area (Å²) in [5, 5.41) is 2.17. The van der Waals surface area contributed by atoms with Crippen LogP contribution in [0.3, 0.4) is 0 Å². The van der Waals surface area contributed by atoms with E-state index >= 15 is 0 Å². The van der Waals surface area contributed by atoms with E-state index in [1.807, 2.05) is 0 Å². The van der Waals surface area contributed by atoms with Crippen molar-refractivity contribution in [3.63, 3.8) is 0 Å². The number of primary amides is 1. The highest BCUT2D eigenvalue weighted by molar-refractivity contribution is 6.13. The van der Waals surface area contributed by atoms with Crippen LogP contribution in [0.5, 0.6) is 0 Å². The summed E-state index contributed by atoms with van der Waals surface area (Å²) in [6, 6.07) is -0.495. The molecule has 0 aromatic carbocycles. The number of H-pyrrole nitrogens is 1. The first kappa shape index (κ1) is 31.1. The van der Waals surface area contributed by atoms with E-state index in [0.717, 1.165) is 17.0 Å². The Balaban J connectivity index is 0. The quantitative estimate of drug-likeness (QED) is 0.112. The van der Waals surface area contributed by atoms with Crippen LogP contribution in [0.15, 0.2) is 27.6 Å². The van der Waals surface area contributed by atoms with Gasteiger partial charge in [0.1, 0.15) is 11.8 Å². The van der Waals surface area contributed by atoms with Crippen LogP contribution in [0.25, 0.3) is 0 Å². The first-order chi connectivity index (χ1) is 15.5. The highest BCUT2D eigenvalue weighted by Gasteiger charge is 2.21. The molecule has 0 unspecified atom stereocenters. The minimum atomic E-state index is -0.743. The Labute approximate surface area is 189 Å². The fourth-order valence-electron chi connectivity index (χ4n) is 1.64. The van der Waals surface area contributed by atoms with Crippen LogP contribution >= 0.6 is 0 Å². The van der Waals surface area contributed by atoms with Gasteiger partial charge in [0.05, 0.1) is 26.9 Å². The highest BCUT2D eigenvalue weighted by atomic mass is 16.6. The molecule has 14 heteroatoms. The topological polar surface area (TPSA) is 198 Å². The Morgan fingerprint density at radius 1 is 1.03 bits per heavy atom. The average Bonchev–Trinajstić information content (AvgIpc) is 2.77. The second-order valence-corrected chi connectivity index (χ2v) is 5.41. The molecule has 1 rings (SSSR count). The van der Waals surface area contributed by atoms with Gasteiger partial charge in [-0.1, -0.05) is 0 Å². The van der Waals surface area contributed by atoms with Gasteiger partial charge >= 0.3 is 29.6 Å². The molecule has 2 amide bonds. The fraction of sp³-hybridized carbons (Fsp3) is 0.474. The third-order valence-corrected chi connectivity index (χ3v) is 3.15. The number of aromatic nitrogens is 2. The number of amides is 2. The van der Waals surface area contributed by atoms with E-state index in [2.05, 4.69) is 35.0 Å². The van der Waals surface area contributed by atoms with Crippen molar-refractivity contribution in [2.45, 2.75) is 20.8 Å². The molecule has 0 aliphatic carbocycles. The second kappa shape index (κ2) is 17.6. The van der Waals surface area contributed by atoms with Crippen molar-refractivity contribution < 1.29 is 38.1 Å². The van der Waals surface area contributed by atoms with Crippen LogP contribution < -0.4 is 22.3 Å². The average molecular weight is 474 g/mol. The zero-order valence-electron chi connectivity index (χ0n) is 19.4. The van der Waals surface area contributed by atoms with Gasteiger partial charge in [-0.05, 0) is 20.8 Å². The summed E-state index contributed by atoms with van der Waals surface area (Å²) >= 11 is 0. The number of esters is 3. The summed E-state index contributed by atoms with van der Waals surface area (Å²) in [7, 11) is 4.09. The lowest BCUT2D eigenvalue weighted by Gasteiger charge is -2.05. The largest absolute Gasteiger partial charge is 0.503 e. The summed E-state index contributed by atoms with van der Waals surface area (Å²) in [4.78, 5) is 67.5. The molecular formula is C19H30N4O10. The van der Waals surface area contributed by atoms with Gasteiger partial charge in [0.25, 0.3) is 5.56 Å². The van der Waals surface area contributed by atoms with E-state index in [1.165, 1.54) is 21.2 Å². The molecule has 33 heavy (non-hydrogen) atoms. The summed E-state index contributed by atoms with van der Waals surface area (Å²) in [5.41, 5.74) is 2.90. The molecule has 0 saturated carbocycles. The van der Waals surface area contributed by atoms with Crippen LogP contribution in [0.2, 0.25) is 0 Å². The maximum absolute atomic E-state index is 11.3. The fourth-order valence-corrected chi connectivity index (χ4v) is 1.64. The molecule has 0 fully saturated rings. The van der Waals surface area contributed by atoms with Gasteiger partial charge in [-0.15, -0.1) is 0 Å². The Hall–Kier alpha value is -4.10. The monoisotopic (exact) mass is 474 g/mol. The molecule has 4 N–H and O–H groups in total. The van der Waals surface area contributed by atoms with Crippen molar-refractivity contribution in [3.05, 3.63) is 44.4 Å². The number of ether oxygens (including phenoxy) is 4. The number of nitrogens with two attached hydrogens (primary N) is 1. The molecule has 0 aliphatic rings. The van der Waals surface area contributed by atoms with Gasteiger partial charge < -0.3 is 35.0 Å². The predicted molar refractivity (Wildman–Crippen MR) is 115 cm³/mol. The van der Waals surface area contributed by atoms with Crippen molar-refractivity contribution >= 4 is 23.9 Å². The number of methoxy groups -OCH3 is 1. The molecule has 186 valence electrons. The van der Waals surface area contributed by atoms with E-state index in [9.17, 15) is 28.8 Å². The number of carbonyl (C=O) groups excluding carboxylic acids is 4. The summed E-state index contributed by atoms with van der Waals surface area (Å²) in [5.74, 6) is -2.22. The first-order valence-corrected chi connectivity index (χ1v) is 9.52. The predicted octanol–water partition coefficient (Wildman–Crippen LogP) is -0.822. The van der Waals surface area contributed by atoms with E-state index in [0.29, 0.717) is 0 Å². The number of nitrogens with one attached hydrogen (secondary N) is 2. The van der Waals surface area contributed by atoms with Crippen LogP contribution in [0.1, 0.15) is 31.1 Å². The number of rotatable bonds is 7. The molecule has 1 aromatic heterocycles. The van der Waals surface area contributed by atoms with Gasteiger partial charge in [0, 0.05) is 20.3 Å². The van der Waals surface area contributed by atoms with Crippen molar-refractivity contribution in [1.82, 2.24) is 14.9 Å². The van der Waals surface area contributed by atoms with Crippen LogP contribution in [0.4, 0.5) is 4.79 Å². The number of carbonyl (C=O) groups is 4. The second-order valence-electron chi connectivity index (χ2n) is 5.41. The van der Waals surface area contributed by atoms with Gasteiger partial charge in [-0.3, -0.25) is 9.36 Å². The standard InChI is InChI=1S/C9H14O5.C8H10N2O4.C2H6N2O/c1-4-13-8(10)7(6-12-3)9(11)14-5-2;1-3-14-7(12)5-4-9-8(13)10(2)6(5)11;1-4-2(3)5/h6H,4-5H2,1-3H3;4H,3H2,1-2H3,(H,9,13);1H3,(H3,3,4,5). The number of hydrogen-bond donors (Lipinski definition) is 3. The lowest BCUT2D eigenvalue weighted by molar-refractivity contribution is -0.146. The zero-order chi connectivity index (χ0) is 26.0. The number of aromatic amines is 1. The minimum Gasteiger partial charge on any atom is -0.503 e. The molecule has 0 radical (unpaired) electrons. The minimum absolute atomic E-state index is 0.172. The van der Waals surface area contributed by atoms with E-state index in [-0.39, 0.29) is 31.0 Å². The number of hydrogen-bond acceptors (Lipinski definition) is 10. The van der Waals surface area contributed by atoms with Gasteiger partial charge in [0.15, 0.2) is 5.57 Å². The Morgan fingerprint density at radius 3 is 1.85 bits per heavy atom. The SMILES string of the molecule is CCOC(=O)C(=COC)C(=O)OCC.CCOC(=O)c1c[nH]c(=O)n(C)c1=O.CNC(N)=O. The van der Waals surface area contributed by atoms with Gasteiger partial charge in [0.2, 0.25) is 0 Å². The molecule has 0 saturated heterocycles. The third kappa shape index (κ3) is 12.4. The van der Waals surface area contributed by atoms with Gasteiger partial charge in [-0.2, -0.15) is 0 Å². The molecule has 14 nitrogen and oxygen atoms in total. The molecule has 1 heterocycles. The zero-order valence-corrected chi connectivity index (χ0v) is 19.4. The summed E-state index contributed by atoms with van der Waals surface area (Å²) in [6.07, 6.45) is 2.07. The highest BCUT2D eigenvalue weighted by Crippen LogP contribution is 2.02. The van der Waals surface area contributed by atoms with Gasteiger partial charge in [-0.25, -0.2) is 24.0 Å². The summed E-state index contributed by atoms with van der Waals surface area (Å²) in [6.45, 7) is 5.49. The molecule has 0 spiro atoms. The van der Waals surface area contributed by atoms with Crippen molar-refractivity contribution in [2.75, 3.05) is 34.0 Å². The molecular weight excluding hydrogens is 444 g/mol. The van der Waals surface area contributed by atoms with Crippen LogP contribution in [-0.2, 0) is 35.6 Å². The maximum atomic E-state index is 11.3. The molecule has 0 aliphatic heterocycles.